The lowest BCUT2D eigenvalue weighted by Crippen LogP contribution is -2.52. The van der Waals surface area contributed by atoms with Gasteiger partial charge in [0.2, 0.25) is 0 Å². The van der Waals surface area contributed by atoms with Crippen LogP contribution in [-0.2, 0) is 16.0 Å². The molecule has 0 radical (unpaired) electrons. The molecule has 2 aromatic carbocycles. The van der Waals surface area contributed by atoms with Crippen molar-refractivity contribution in [1.82, 2.24) is 15.6 Å². The standard InChI is InChI=1S/C21H22ClN3O4/c1-29-12-23-21(28)19(26)17(9-13-5-3-2-4-6-13)25-20(27)18-11-14-10-15(22)7-8-16(14)24-18/h2-8,10-11,17,19,24,26H,9,12H2,1H3,(H,23,28)(H,25,27). The number of nitrogens with one attached hydrogen (secondary N) is 3. The van der Waals surface area contributed by atoms with E-state index in [1.165, 1.54) is 7.11 Å². The molecule has 0 aliphatic heterocycles. The molecule has 152 valence electrons. The number of aliphatic hydroxyl groups is 1. The van der Waals surface area contributed by atoms with Crippen molar-refractivity contribution in [1.29, 1.82) is 0 Å². The van der Waals surface area contributed by atoms with E-state index < -0.39 is 24.0 Å². The molecule has 0 spiro atoms. The van der Waals surface area contributed by atoms with Gasteiger partial charge in [-0.1, -0.05) is 41.9 Å². The van der Waals surface area contributed by atoms with E-state index in [1.807, 2.05) is 30.3 Å². The average Bonchev–Trinajstić information content (AvgIpc) is 3.15. The van der Waals surface area contributed by atoms with Gasteiger partial charge in [0, 0.05) is 23.0 Å². The van der Waals surface area contributed by atoms with Crippen LogP contribution in [0.1, 0.15) is 16.1 Å². The van der Waals surface area contributed by atoms with Crippen LogP contribution < -0.4 is 10.6 Å². The first-order valence-corrected chi connectivity index (χ1v) is 9.43. The number of benzene rings is 2. The van der Waals surface area contributed by atoms with Crippen molar-refractivity contribution in [3.63, 3.8) is 0 Å². The molecule has 7 nitrogen and oxygen atoms in total. The molecule has 29 heavy (non-hydrogen) atoms. The minimum atomic E-state index is -1.45. The first-order valence-electron chi connectivity index (χ1n) is 9.05. The minimum Gasteiger partial charge on any atom is -0.381 e. The highest BCUT2D eigenvalue weighted by Crippen LogP contribution is 2.20. The fourth-order valence-corrected chi connectivity index (χ4v) is 3.19. The average molecular weight is 416 g/mol. The zero-order chi connectivity index (χ0) is 20.8. The summed E-state index contributed by atoms with van der Waals surface area (Å²) >= 11 is 6.00. The molecule has 0 aliphatic rings. The number of rotatable bonds is 8. The van der Waals surface area contributed by atoms with Gasteiger partial charge in [-0.15, -0.1) is 0 Å². The highest BCUT2D eigenvalue weighted by atomic mass is 35.5. The Hall–Kier alpha value is -2.87. The molecular formula is C21H22ClN3O4. The Balaban J connectivity index is 1.80. The van der Waals surface area contributed by atoms with E-state index in [2.05, 4.69) is 15.6 Å². The largest absolute Gasteiger partial charge is 0.381 e. The maximum atomic E-state index is 12.8. The van der Waals surface area contributed by atoms with Gasteiger partial charge >= 0.3 is 0 Å². The molecule has 1 heterocycles. The number of aromatic nitrogens is 1. The summed E-state index contributed by atoms with van der Waals surface area (Å²) in [6.45, 7) is -0.0370. The van der Waals surface area contributed by atoms with E-state index in [0.29, 0.717) is 10.7 Å². The second-order valence-corrected chi connectivity index (χ2v) is 7.04. The number of ether oxygens (including phenoxy) is 1. The zero-order valence-corrected chi connectivity index (χ0v) is 16.6. The topological polar surface area (TPSA) is 103 Å². The first kappa shape index (κ1) is 20.9. The summed E-state index contributed by atoms with van der Waals surface area (Å²) in [7, 11) is 1.43. The Morgan fingerprint density at radius 2 is 1.93 bits per heavy atom. The number of fused-ring (bicyclic) bond motifs is 1. The number of H-pyrrole nitrogens is 1. The van der Waals surface area contributed by atoms with Gasteiger partial charge in [-0.05, 0) is 36.2 Å². The smallest absolute Gasteiger partial charge is 0.268 e. The maximum absolute atomic E-state index is 12.8. The van der Waals surface area contributed by atoms with E-state index in [-0.39, 0.29) is 13.2 Å². The van der Waals surface area contributed by atoms with Crippen LogP contribution in [0.15, 0.2) is 54.6 Å². The number of amides is 2. The van der Waals surface area contributed by atoms with E-state index >= 15 is 0 Å². The normalized spacial score (nSPS) is 13.1. The van der Waals surface area contributed by atoms with Gasteiger partial charge in [-0.3, -0.25) is 9.59 Å². The number of carbonyl (C=O) groups excluding carboxylic acids is 2. The van der Waals surface area contributed by atoms with Gasteiger partial charge in [-0.25, -0.2) is 0 Å². The lowest BCUT2D eigenvalue weighted by atomic mass is 10.0. The van der Waals surface area contributed by atoms with Crippen LogP contribution in [0, 0.1) is 0 Å². The number of aromatic amines is 1. The summed E-state index contributed by atoms with van der Waals surface area (Å²) in [5.41, 5.74) is 1.95. The van der Waals surface area contributed by atoms with Crippen molar-refractivity contribution < 1.29 is 19.4 Å². The predicted octanol–water partition coefficient (Wildman–Crippen LogP) is 2.24. The van der Waals surface area contributed by atoms with Crippen molar-refractivity contribution in [3.8, 4) is 0 Å². The second-order valence-electron chi connectivity index (χ2n) is 6.60. The third-order valence-corrected chi connectivity index (χ3v) is 4.72. The van der Waals surface area contributed by atoms with Crippen molar-refractivity contribution in [3.05, 3.63) is 70.9 Å². The Bertz CT molecular complexity index is 990. The quantitative estimate of drug-likeness (QED) is 0.423. The van der Waals surface area contributed by atoms with E-state index in [9.17, 15) is 14.7 Å². The van der Waals surface area contributed by atoms with Crippen molar-refractivity contribution >= 4 is 34.3 Å². The van der Waals surface area contributed by atoms with Crippen LogP contribution in [0.4, 0.5) is 0 Å². The van der Waals surface area contributed by atoms with Gasteiger partial charge in [0.1, 0.15) is 12.4 Å². The highest BCUT2D eigenvalue weighted by Gasteiger charge is 2.28. The third-order valence-electron chi connectivity index (χ3n) is 4.48. The van der Waals surface area contributed by atoms with Gasteiger partial charge in [0.05, 0.1) is 6.04 Å². The molecule has 4 N–H and O–H groups in total. The summed E-state index contributed by atoms with van der Waals surface area (Å²) in [6.07, 6.45) is -1.17. The zero-order valence-electron chi connectivity index (χ0n) is 15.8. The Labute approximate surface area is 173 Å². The number of halogens is 1. The summed E-state index contributed by atoms with van der Waals surface area (Å²) in [6, 6.07) is 15.4. The minimum absolute atomic E-state index is 0.0370. The van der Waals surface area contributed by atoms with Gasteiger partial charge in [-0.2, -0.15) is 0 Å². The van der Waals surface area contributed by atoms with Crippen molar-refractivity contribution in [2.45, 2.75) is 18.6 Å². The fourth-order valence-electron chi connectivity index (χ4n) is 3.01. The van der Waals surface area contributed by atoms with E-state index in [4.69, 9.17) is 16.3 Å². The van der Waals surface area contributed by atoms with Crippen LogP contribution in [0.25, 0.3) is 10.9 Å². The van der Waals surface area contributed by atoms with Crippen molar-refractivity contribution in [2.75, 3.05) is 13.8 Å². The summed E-state index contributed by atoms with van der Waals surface area (Å²) in [4.78, 5) is 28.0. The number of carbonyl (C=O) groups is 2. The van der Waals surface area contributed by atoms with Gasteiger partial charge < -0.3 is 25.5 Å². The number of hydrogen-bond donors (Lipinski definition) is 4. The van der Waals surface area contributed by atoms with Gasteiger partial charge in [0.25, 0.3) is 11.8 Å². The highest BCUT2D eigenvalue weighted by molar-refractivity contribution is 6.31. The maximum Gasteiger partial charge on any atom is 0.268 e. The molecule has 3 rings (SSSR count). The number of methoxy groups -OCH3 is 1. The molecule has 0 bridgehead atoms. The molecule has 2 unspecified atom stereocenters. The molecule has 0 saturated heterocycles. The Morgan fingerprint density at radius 1 is 1.17 bits per heavy atom. The number of aliphatic hydroxyl groups excluding tert-OH is 1. The van der Waals surface area contributed by atoms with Crippen molar-refractivity contribution in [2.24, 2.45) is 0 Å². The van der Waals surface area contributed by atoms with Crippen LogP contribution >= 0.6 is 11.6 Å². The third kappa shape index (κ3) is 5.35. The number of hydrogen-bond acceptors (Lipinski definition) is 4. The molecule has 2 atom stereocenters. The monoisotopic (exact) mass is 415 g/mol. The molecule has 0 aliphatic carbocycles. The van der Waals surface area contributed by atoms with E-state index in [0.717, 1.165) is 16.5 Å². The van der Waals surface area contributed by atoms with Crippen LogP contribution in [0.5, 0.6) is 0 Å². The van der Waals surface area contributed by atoms with Gasteiger partial charge in [0.15, 0.2) is 6.10 Å². The Kier molecular flexibility index (Phi) is 6.87. The van der Waals surface area contributed by atoms with Crippen LogP contribution in [-0.4, -0.2) is 47.9 Å². The predicted molar refractivity (Wildman–Crippen MR) is 111 cm³/mol. The fraction of sp³-hybridized carbons (Fsp3) is 0.238. The molecular weight excluding hydrogens is 394 g/mol. The molecule has 0 saturated carbocycles. The Morgan fingerprint density at radius 3 is 2.66 bits per heavy atom. The molecule has 8 heteroatoms. The molecule has 0 fully saturated rings. The molecule has 3 aromatic rings. The second kappa shape index (κ2) is 9.56. The first-order chi connectivity index (χ1) is 14.0. The lowest BCUT2D eigenvalue weighted by molar-refractivity contribution is -0.132. The van der Waals surface area contributed by atoms with Crippen LogP contribution in [0.3, 0.4) is 0 Å². The SMILES string of the molecule is COCNC(=O)C(O)C(Cc1ccccc1)NC(=O)c1cc2cc(Cl)ccc2[nH]1. The van der Waals surface area contributed by atoms with Crippen LogP contribution in [0.2, 0.25) is 5.02 Å². The summed E-state index contributed by atoms with van der Waals surface area (Å²) in [5, 5.41) is 17.1. The summed E-state index contributed by atoms with van der Waals surface area (Å²) in [5.74, 6) is -1.06. The lowest BCUT2D eigenvalue weighted by Gasteiger charge is -2.23. The molecule has 1 aromatic heterocycles. The summed E-state index contributed by atoms with van der Waals surface area (Å²) < 4.78 is 4.81. The van der Waals surface area contributed by atoms with E-state index in [1.54, 1.807) is 24.3 Å². The molecule has 2 amide bonds.